The van der Waals surface area contributed by atoms with E-state index in [4.69, 9.17) is 0 Å². The largest absolute Gasteiger partial charge is 0.480 e. The summed E-state index contributed by atoms with van der Waals surface area (Å²) in [6.07, 6.45) is 1.98. The molecule has 0 saturated heterocycles. The Hall–Kier alpha value is -1.56. The highest BCUT2D eigenvalue weighted by atomic mass is 32.1. The minimum Gasteiger partial charge on any atom is -0.480 e. The van der Waals surface area contributed by atoms with Gasteiger partial charge in [0.15, 0.2) is 0 Å². The minimum absolute atomic E-state index is 0.235. The van der Waals surface area contributed by atoms with Gasteiger partial charge in [-0.25, -0.2) is 9.59 Å². The number of hydrogen-bond acceptors (Lipinski definition) is 3. The van der Waals surface area contributed by atoms with Crippen molar-refractivity contribution in [1.29, 1.82) is 0 Å². The van der Waals surface area contributed by atoms with Crippen LogP contribution >= 0.6 is 11.3 Å². The lowest BCUT2D eigenvalue weighted by atomic mass is 9.87. The first-order valence-electron chi connectivity index (χ1n) is 7.10. The SMILES string of the molecule is CC(C)(C)C(NC(=O)N(Cc1ccsc1)C1CC1)C(=O)O. The van der Waals surface area contributed by atoms with Crippen LogP contribution in [0.1, 0.15) is 39.2 Å². The van der Waals surface area contributed by atoms with Crippen molar-refractivity contribution >= 4 is 23.3 Å². The van der Waals surface area contributed by atoms with Gasteiger partial charge in [-0.15, -0.1) is 0 Å². The van der Waals surface area contributed by atoms with E-state index in [1.807, 2.05) is 37.6 Å². The van der Waals surface area contributed by atoms with E-state index in [2.05, 4.69) is 5.32 Å². The average Bonchev–Trinajstić information content (AvgIpc) is 3.08. The summed E-state index contributed by atoms with van der Waals surface area (Å²) in [6.45, 7) is 5.97. The Bertz CT molecular complexity index is 503. The quantitative estimate of drug-likeness (QED) is 0.878. The summed E-state index contributed by atoms with van der Waals surface area (Å²) in [4.78, 5) is 25.6. The average molecular weight is 310 g/mol. The van der Waals surface area contributed by atoms with Gasteiger partial charge < -0.3 is 15.3 Å². The van der Waals surface area contributed by atoms with Crippen molar-refractivity contribution < 1.29 is 14.7 Å². The molecule has 0 aromatic carbocycles. The minimum atomic E-state index is -0.998. The van der Waals surface area contributed by atoms with Crippen LogP contribution in [0.4, 0.5) is 4.79 Å². The molecule has 0 bridgehead atoms. The van der Waals surface area contributed by atoms with Crippen LogP contribution in [-0.2, 0) is 11.3 Å². The van der Waals surface area contributed by atoms with Gasteiger partial charge >= 0.3 is 12.0 Å². The Kier molecular flexibility index (Phi) is 4.56. The molecule has 0 radical (unpaired) electrons. The second kappa shape index (κ2) is 6.05. The lowest BCUT2D eigenvalue weighted by Crippen LogP contribution is -2.53. The van der Waals surface area contributed by atoms with E-state index in [9.17, 15) is 14.7 Å². The Morgan fingerprint density at radius 2 is 2.14 bits per heavy atom. The van der Waals surface area contributed by atoms with Crippen LogP contribution in [0.2, 0.25) is 0 Å². The summed E-state index contributed by atoms with van der Waals surface area (Å²) < 4.78 is 0. The highest BCUT2D eigenvalue weighted by Crippen LogP contribution is 2.29. The molecule has 116 valence electrons. The molecule has 0 spiro atoms. The van der Waals surface area contributed by atoms with Crippen molar-refractivity contribution in [2.24, 2.45) is 5.41 Å². The zero-order valence-corrected chi connectivity index (χ0v) is 13.4. The topological polar surface area (TPSA) is 69.6 Å². The monoisotopic (exact) mass is 310 g/mol. The van der Waals surface area contributed by atoms with Crippen LogP contribution in [0.5, 0.6) is 0 Å². The number of thiophene rings is 1. The molecule has 6 heteroatoms. The number of hydrogen-bond donors (Lipinski definition) is 2. The molecule has 0 aliphatic heterocycles. The number of carboxylic acids is 1. The maximum atomic E-state index is 12.5. The second-order valence-electron chi connectivity index (χ2n) is 6.58. The van der Waals surface area contributed by atoms with Gasteiger partial charge in [-0.1, -0.05) is 20.8 Å². The van der Waals surface area contributed by atoms with Crippen molar-refractivity contribution in [3.05, 3.63) is 22.4 Å². The van der Waals surface area contributed by atoms with Crippen molar-refractivity contribution in [2.45, 2.75) is 52.2 Å². The molecule has 1 fully saturated rings. The molecule has 1 aliphatic carbocycles. The van der Waals surface area contributed by atoms with Gasteiger partial charge in [-0.2, -0.15) is 11.3 Å². The third kappa shape index (κ3) is 4.20. The third-order valence-electron chi connectivity index (χ3n) is 3.56. The number of aliphatic carboxylic acids is 1. The Balaban J connectivity index is 2.06. The van der Waals surface area contributed by atoms with E-state index in [-0.39, 0.29) is 12.1 Å². The third-order valence-corrected chi connectivity index (χ3v) is 4.29. The predicted molar refractivity (Wildman–Crippen MR) is 82.3 cm³/mol. The van der Waals surface area contributed by atoms with E-state index < -0.39 is 17.4 Å². The summed E-state index contributed by atoms with van der Waals surface area (Å²) in [7, 11) is 0. The predicted octanol–water partition coefficient (Wildman–Crippen LogP) is 2.92. The van der Waals surface area contributed by atoms with E-state index >= 15 is 0 Å². The first-order chi connectivity index (χ1) is 9.79. The van der Waals surface area contributed by atoms with E-state index in [1.165, 1.54) is 0 Å². The van der Waals surface area contributed by atoms with E-state index in [0.717, 1.165) is 18.4 Å². The number of nitrogens with zero attached hydrogens (tertiary/aromatic N) is 1. The van der Waals surface area contributed by atoms with Gasteiger partial charge in [0.05, 0.1) is 0 Å². The molecule has 5 nitrogen and oxygen atoms in total. The molecule has 1 aliphatic rings. The fourth-order valence-corrected chi connectivity index (χ4v) is 2.85. The van der Waals surface area contributed by atoms with Gasteiger partial charge in [0, 0.05) is 12.6 Å². The number of carbonyl (C=O) groups is 2. The molecule has 1 atom stereocenters. The zero-order valence-electron chi connectivity index (χ0n) is 12.6. The van der Waals surface area contributed by atoms with Crippen LogP contribution < -0.4 is 5.32 Å². The lowest BCUT2D eigenvalue weighted by Gasteiger charge is -2.31. The van der Waals surface area contributed by atoms with Crippen molar-refractivity contribution in [3.8, 4) is 0 Å². The molecule has 1 aromatic rings. The summed E-state index contributed by atoms with van der Waals surface area (Å²) >= 11 is 1.60. The standard InChI is InChI=1S/C15H22N2O3S/c1-15(2,3)12(13(18)19)16-14(20)17(11-4-5-11)8-10-6-7-21-9-10/h6-7,9,11-12H,4-5,8H2,1-3H3,(H,16,20)(H,18,19). The maximum Gasteiger partial charge on any atom is 0.326 e. The van der Waals surface area contributed by atoms with Gasteiger partial charge in [0.2, 0.25) is 0 Å². The number of amides is 2. The fourth-order valence-electron chi connectivity index (χ4n) is 2.19. The van der Waals surface area contributed by atoms with Crippen LogP contribution in [-0.4, -0.2) is 34.1 Å². The zero-order chi connectivity index (χ0) is 15.6. The summed E-state index contributed by atoms with van der Waals surface area (Å²) in [5, 5.41) is 16.0. The van der Waals surface area contributed by atoms with Gasteiger partial charge in [0.25, 0.3) is 0 Å². The summed E-state index contributed by atoms with van der Waals surface area (Å²) in [6, 6.07) is 1.05. The highest BCUT2D eigenvalue weighted by molar-refractivity contribution is 7.07. The van der Waals surface area contributed by atoms with Gasteiger partial charge in [-0.3, -0.25) is 0 Å². The molecule has 1 heterocycles. The van der Waals surface area contributed by atoms with Crippen LogP contribution in [0.15, 0.2) is 16.8 Å². The first kappa shape index (κ1) is 15.8. The number of nitrogens with one attached hydrogen (secondary N) is 1. The molecule has 2 N–H and O–H groups in total. The number of rotatable bonds is 5. The van der Waals surface area contributed by atoms with Gasteiger partial charge in [0.1, 0.15) is 6.04 Å². The second-order valence-corrected chi connectivity index (χ2v) is 7.36. The highest BCUT2D eigenvalue weighted by Gasteiger charge is 2.37. The molecular formula is C15H22N2O3S. The van der Waals surface area contributed by atoms with E-state index in [0.29, 0.717) is 6.54 Å². The van der Waals surface area contributed by atoms with Crippen LogP contribution in [0.25, 0.3) is 0 Å². The maximum absolute atomic E-state index is 12.5. The summed E-state index contributed by atoms with van der Waals surface area (Å²) in [5.41, 5.74) is 0.559. The van der Waals surface area contributed by atoms with Crippen molar-refractivity contribution in [3.63, 3.8) is 0 Å². The first-order valence-corrected chi connectivity index (χ1v) is 8.04. The normalized spacial score (nSPS) is 16.3. The molecule has 2 amide bonds. The fraction of sp³-hybridized carbons (Fsp3) is 0.600. The molecular weight excluding hydrogens is 288 g/mol. The smallest absolute Gasteiger partial charge is 0.326 e. The van der Waals surface area contributed by atoms with Crippen molar-refractivity contribution in [1.82, 2.24) is 10.2 Å². The number of carbonyl (C=O) groups excluding carboxylic acids is 1. The Morgan fingerprint density at radius 3 is 2.57 bits per heavy atom. The Morgan fingerprint density at radius 1 is 1.48 bits per heavy atom. The lowest BCUT2D eigenvalue weighted by molar-refractivity contribution is -0.142. The van der Waals surface area contributed by atoms with Crippen molar-refractivity contribution in [2.75, 3.05) is 0 Å². The molecule has 21 heavy (non-hydrogen) atoms. The molecule has 1 saturated carbocycles. The Labute approximate surface area is 129 Å². The molecule has 2 rings (SSSR count). The number of carboxylic acid groups (broad SMARTS) is 1. The molecule has 1 unspecified atom stereocenters. The van der Waals surface area contributed by atoms with E-state index in [1.54, 1.807) is 16.2 Å². The molecule has 1 aromatic heterocycles. The van der Waals surface area contributed by atoms with Crippen LogP contribution in [0.3, 0.4) is 0 Å². The van der Waals surface area contributed by atoms with Crippen LogP contribution in [0, 0.1) is 5.41 Å². The number of urea groups is 1. The van der Waals surface area contributed by atoms with Gasteiger partial charge in [-0.05, 0) is 40.6 Å². The summed E-state index contributed by atoms with van der Waals surface area (Å²) in [5.74, 6) is -0.998.